The zero-order valence-corrected chi connectivity index (χ0v) is 15.7. The normalized spacial score (nSPS) is 11.5. The van der Waals surface area contributed by atoms with Gasteiger partial charge in [-0.2, -0.15) is 18.3 Å². The van der Waals surface area contributed by atoms with Gasteiger partial charge in [0.15, 0.2) is 5.69 Å². The first-order valence-corrected chi connectivity index (χ1v) is 8.93. The lowest BCUT2D eigenvalue weighted by molar-refractivity contribution is -0.143. The van der Waals surface area contributed by atoms with E-state index < -0.39 is 23.3 Å². The van der Waals surface area contributed by atoms with Crippen LogP contribution in [-0.2, 0) is 12.7 Å². The maximum Gasteiger partial charge on any atom is 0.434 e. The predicted molar refractivity (Wildman–Crippen MR) is 100 cm³/mol. The van der Waals surface area contributed by atoms with Crippen LogP contribution in [0, 0.1) is 0 Å². The number of alkyl halides is 3. The van der Waals surface area contributed by atoms with Crippen molar-refractivity contribution in [3.05, 3.63) is 82.6 Å². The molecule has 0 saturated carbocycles. The summed E-state index contributed by atoms with van der Waals surface area (Å²) in [5, 5.41) is 4.22. The predicted octanol–water partition coefficient (Wildman–Crippen LogP) is 5.21. The molecular formula is C20H17ClF3N3O. The van der Waals surface area contributed by atoms with Crippen LogP contribution in [0.25, 0.3) is 5.69 Å². The zero-order valence-electron chi connectivity index (χ0n) is 14.9. The van der Waals surface area contributed by atoms with Crippen molar-refractivity contribution >= 4 is 17.5 Å². The molecule has 0 N–H and O–H groups in total. The van der Waals surface area contributed by atoms with Crippen LogP contribution in [0.1, 0.15) is 28.5 Å². The number of hydrogen-bond donors (Lipinski definition) is 0. The van der Waals surface area contributed by atoms with Gasteiger partial charge >= 0.3 is 6.18 Å². The number of nitrogens with zero attached hydrogens (tertiary/aromatic N) is 3. The van der Waals surface area contributed by atoms with Crippen LogP contribution in [0.15, 0.2) is 60.8 Å². The molecule has 4 nitrogen and oxygen atoms in total. The summed E-state index contributed by atoms with van der Waals surface area (Å²) in [4.78, 5) is 14.3. The SMILES string of the molecule is CCN(Cc1ccccc1)C(=O)c1cnn(-c2ccc(Cl)cc2)c1C(F)(F)F. The summed E-state index contributed by atoms with van der Waals surface area (Å²) in [7, 11) is 0. The summed E-state index contributed by atoms with van der Waals surface area (Å²) in [6.45, 7) is 2.19. The highest BCUT2D eigenvalue weighted by Gasteiger charge is 2.41. The molecule has 0 saturated heterocycles. The lowest BCUT2D eigenvalue weighted by Crippen LogP contribution is -2.32. The van der Waals surface area contributed by atoms with Crippen molar-refractivity contribution in [1.29, 1.82) is 0 Å². The zero-order chi connectivity index (χ0) is 20.3. The smallest absolute Gasteiger partial charge is 0.334 e. The van der Waals surface area contributed by atoms with Gasteiger partial charge in [-0.1, -0.05) is 41.9 Å². The Morgan fingerprint density at radius 2 is 1.75 bits per heavy atom. The molecule has 28 heavy (non-hydrogen) atoms. The standard InChI is InChI=1S/C20H17ClF3N3O/c1-2-26(13-14-6-4-3-5-7-14)19(28)17-12-25-27(18(17)20(22,23)24)16-10-8-15(21)9-11-16/h3-12H,2,13H2,1H3. The molecule has 0 radical (unpaired) electrons. The number of halogens is 4. The van der Waals surface area contributed by atoms with Crippen LogP contribution < -0.4 is 0 Å². The first-order chi connectivity index (χ1) is 13.3. The second-order valence-corrected chi connectivity index (χ2v) is 6.53. The summed E-state index contributed by atoms with van der Waals surface area (Å²) in [6, 6.07) is 14.9. The van der Waals surface area contributed by atoms with Crippen molar-refractivity contribution in [2.24, 2.45) is 0 Å². The van der Waals surface area contributed by atoms with Crippen LogP contribution in [0.5, 0.6) is 0 Å². The van der Waals surface area contributed by atoms with Crippen LogP contribution >= 0.6 is 11.6 Å². The summed E-state index contributed by atoms with van der Waals surface area (Å²) in [6.07, 6.45) is -3.79. The van der Waals surface area contributed by atoms with Gasteiger partial charge in [0.1, 0.15) is 0 Å². The number of amides is 1. The Balaban J connectivity index is 2.00. The topological polar surface area (TPSA) is 38.1 Å². The Labute approximate surface area is 165 Å². The second kappa shape index (κ2) is 8.06. The molecule has 0 atom stereocenters. The van der Waals surface area contributed by atoms with E-state index in [1.165, 1.54) is 29.2 Å². The largest absolute Gasteiger partial charge is 0.434 e. The molecule has 1 aromatic heterocycles. The first-order valence-electron chi connectivity index (χ1n) is 8.55. The van der Waals surface area contributed by atoms with Crippen molar-refractivity contribution in [1.82, 2.24) is 14.7 Å². The Bertz CT molecular complexity index is 953. The molecule has 0 aliphatic rings. The van der Waals surface area contributed by atoms with E-state index in [0.29, 0.717) is 5.02 Å². The third-order valence-electron chi connectivity index (χ3n) is 4.22. The summed E-state index contributed by atoms with van der Waals surface area (Å²) >= 11 is 5.81. The van der Waals surface area contributed by atoms with E-state index in [4.69, 9.17) is 11.6 Å². The fraction of sp³-hybridized carbons (Fsp3) is 0.200. The molecule has 0 aliphatic heterocycles. The second-order valence-electron chi connectivity index (χ2n) is 6.10. The maximum atomic E-state index is 13.8. The lowest BCUT2D eigenvalue weighted by atomic mass is 10.1. The highest BCUT2D eigenvalue weighted by molar-refractivity contribution is 6.30. The Hall–Kier alpha value is -2.80. The van der Waals surface area contributed by atoms with Crippen LogP contribution in [0.2, 0.25) is 5.02 Å². The average Bonchev–Trinajstić information content (AvgIpc) is 3.12. The molecular weight excluding hydrogens is 391 g/mol. The number of benzene rings is 2. The fourth-order valence-electron chi connectivity index (χ4n) is 2.86. The number of aromatic nitrogens is 2. The lowest BCUT2D eigenvalue weighted by Gasteiger charge is -2.22. The quantitative estimate of drug-likeness (QED) is 0.582. The van der Waals surface area contributed by atoms with Gasteiger partial charge in [-0.05, 0) is 36.8 Å². The maximum absolute atomic E-state index is 13.8. The van der Waals surface area contributed by atoms with E-state index in [2.05, 4.69) is 5.10 Å². The molecule has 0 bridgehead atoms. The monoisotopic (exact) mass is 407 g/mol. The molecule has 0 fully saturated rings. The summed E-state index contributed by atoms with van der Waals surface area (Å²) < 4.78 is 42.1. The van der Waals surface area contributed by atoms with E-state index >= 15 is 0 Å². The minimum atomic E-state index is -4.76. The van der Waals surface area contributed by atoms with Crippen molar-refractivity contribution in [2.75, 3.05) is 6.54 Å². The molecule has 2 aromatic carbocycles. The van der Waals surface area contributed by atoms with Crippen LogP contribution in [-0.4, -0.2) is 27.1 Å². The number of hydrogen-bond acceptors (Lipinski definition) is 2. The van der Waals surface area contributed by atoms with Crippen molar-refractivity contribution in [3.63, 3.8) is 0 Å². The summed E-state index contributed by atoms with van der Waals surface area (Å²) in [5.74, 6) is -0.723. The van der Waals surface area contributed by atoms with Crippen molar-refractivity contribution in [3.8, 4) is 5.69 Å². The molecule has 0 unspecified atom stereocenters. The van der Waals surface area contributed by atoms with Gasteiger partial charge in [-0.3, -0.25) is 4.79 Å². The van der Waals surface area contributed by atoms with Crippen molar-refractivity contribution < 1.29 is 18.0 Å². The first kappa shape index (κ1) is 19.9. The van der Waals surface area contributed by atoms with Gasteiger partial charge < -0.3 is 4.90 Å². The van der Waals surface area contributed by atoms with E-state index in [-0.39, 0.29) is 18.8 Å². The Kier molecular flexibility index (Phi) is 5.74. The molecule has 1 heterocycles. The number of carbonyl (C=O) groups excluding carboxylic acids is 1. The van der Waals surface area contributed by atoms with Gasteiger partial charge in [0.25, 0.3) is 5.91 Å². The molecule has 1 amide bonds. The summed E-state index contributed by atoms with van der Waals surface area (Å²) in [5.41, 5.74) is -0.593. The molecule has 0 aliphatic carbocycles. The molecule has 146 valence electrons. The Morgan fingerprint density at radius 1 is 1.11 bits per heavy atom. The van der Waals surface area contributed by atoms with E-state index in [1.807, 2.05) is 30.3 Å². The number of carbonyl (C=O) groups is 1. The molecule has 3 aromatic rings. The minimum Gasteiger partial charge on any atom is -0.334 e. The van der Waals surface area contributed by atoms with E-state index in [0.717, 1.165) is 16.4 Å². The fourth-order valence-corrected chi connectivity index (χ4v) is 2.98. The van der Waals surface area contributed by atoms with Gasteiger partial charge in [-0.15, -0.1) is 0 Å². The molecule has 0 spiro atoms. The highest BCUT2D eigenvalue weighted by atomic mass is 35.5. The van der Waals surface area contributed by atoms with Gasteiger partial charge in [0.2, 0.25) is 0 Å². The third kappa shape index (κ3) is 4.20. The van der Waals surface area contributed by atoms with Gasteiger partial charge in [0, 0.05) is 18.1 Å². The molecule has 8 heteroatoms. The van der Waals surface area contributed by atoms with Crippen LogP contribution in [0.4, 0.5) is 13.2 Å². The van der Waals surface area contributed by atoms with Crippen LogP contribution in [0.3, 0.4) is 0 Å². The highest BCUT2D eigenvalue weighted by Crippen LogP contribution is 2.34. The average molecular weight is 408 g/mol. The van der Waals surface area contributed by atoms with Crippen molar-refractivity contribution in [2.45, 2.75) is 19.6 Å². The number of rotatable bonds is 5. The van der Waals surface area contributed by atoms with Gasteiger partial charge in [-0.25, -0.2) is 4.68 Å². The molecule has 3 rings (SSSR count). The van der Waals surface area contributed by atoms with E-state index in [9.17, 15) is 18.0 Å². The minimum absolute atomic E-state index is 0.168. The van der Waals surface area contributed by atoms with Gasteiger partial charge in [0.05, 0.1) is 17.4 Å². The Morgan fingerprint density at radius 3 is 2.32 bits per heavy atom. The third-order valence-corrected chi connectivity index (χ3v) is 4.48. The van der Waals surface area contributed by atoms with E-state index in [1.54, 1.807) is 6.92 Å².